The molecule has 1 aromatic carbocycles. The molecule has 2 rings (SSSR count). The van der Waals surface area contributed by atoms with E-state index in [2.05, 4.69) is 12.1 Å². The Hall–Kier alpha value is -1.24. The molecule has 10 heavy (non-hydrogen) atoms. The van der Waals surface area contributed by atoms with Crippen molar-refractivity contribution < 1.29 is 4.74 Å². The van der Waals surface area contributed by atoms with E-state index < -0.39 is 0 Å². The average molecular weight is 132 g/mol. The van der Waals surface area contributed by atoms with Gasteiger partial charge in [-0.05, 0) is 11.6 Å². The minimum atomic E-state index is 0.996. The zero-order valence-electron chi connectivity index (χ0n) is 5.79. The monoisotopic (exact) mass is 132 g/mol. The lowest BCUT2D eigenvalue weighted by Crippen LogP contribution is -1.98. The van der Waals surface area contributed by atoms with Gasteiger partial charge in [0.2, 0.25) is 0 Å². The summed E-state index contributed by atoms with van der Waals surface area (Å²) in [5.74, 6) is 0.996. The normalized spacial score (nSPS) is 13.1. The summed E-state index contributed by atoms with van der Waals surface area (Å²) >= 11 is 0. The first-order valence-electron chi connectivity index (χ1n) is 3.27. The van der Waals surface area contributed by atoms with Crippen molar-refractivity contribution in [1.29, 1.82) is 0 Å². The minimum Gasteiger partial charge on any atom is -0.496 e. The fourth-order valence-electron chi connectivity index (χ4n) is 1.16. The van der Waals surface area contributed by atoms with Crippen molar-refractivity contribution in [1.82, 2.24) is 0 Å². The van der Waals surface area contributed by atoms with Gasteiger partial charge in [-0.1, -0.05) is 24.3 Å². The van der Waals surface area contributed by atoms with Gasteiger partial charge in [0.15, 0.2) is 0 Å². The van der Waals surface area contributed by atoms with Crippen LogP contribution in [0.3, 0.4) is 0 Å². The number of methoxy groups -OCH3 is 1. The Morgan fingerprint density at radius 2 is 2.00 bits per heavy atom. The highest BCUT2D eigenvalue weighted by molar-refractivity contribution is 5.91. The quantitative estimate of drug-likeness (QED) is 0.568. The smallest absolute Gasteiger partial charge is 0.127 e. The van der Waals surface area contributed by atoms with Gasteiger partial charge >= 0.3 is 0 Å². The van der Waals surface area contributed by atoms with Crippen LogP contribution in [0.4, 0.5) is 0 Å². The number of ether oxygens (including phenoxy) is 1. The van der Waals surface area contributed by atoms with Crippen molar-refractivity contribution in [3.8, 4) is 0 Å². The summed E-state index contributed by atoms with van der Waals surface area (Å²) in [6.45, 7) is 0. The van der Waals surface area contributed by atoms with E-state index in [4.69, 9.17) is 4.74 Å². The number of hydrogen-bond acceptors (Lipinski definition) is 1. The molecule has 1 aliphatic rings. The van der Waals surface area contributed by atoms with Crippen LogP contribution in [-0.4, -0.2) is 7.11 Å². The molecule has 1 heteroatoms. The van der Waals surface area contributed by atoms with Gasteiger partial charge in [-0.25, -0.2) is 0 Å². The topological polar surface area (TPSA) is 9.23 Å². The predicted octanol–water partition coefficient (Wildman–Crippen LogP) is 2.14. The molecule has 0 aliphatic heterocycles. The van der Waals surface area contributed by atoms with Crippen LogP contribution >= 0.6 is 0 Å². The molecule has 0 radical (unpaired) electrons. The van der Waals surface area contributed by atoms with Gasteiger partial charge in [0.05, 0.1) is 7.11 Å². The Balaban J connectivity index is 2.43. The predicted molar refractivity (Wildman–Crippen MR) is 41.3 cm³/mol. The Labute approximate surface area is 59.9 Å². The Bertz CT molecular complexity index is 287. The van der Waals surface area contributed by atoms with Crippen molar-refractivity contribution in [2.45, 2.75) is 0 Å². The molecule has 1 aliphatic carbocycles. The molecule has 50 valence electrons. The first-order chi connectivity index (χ1) is 4.92. The van der Waals surface area contributed by atoms with Gasteiger partial charge in [0, 0.05) is 5.56 Å². The van der Waals surface area contributed by atoms with Gasteiger partial charge in [-0.15, -0.1) is 0 Å². The number of hydrogen-bond donors (Lipinski definition) is 0. The zero-order valence-corrected chi connectivity index (χ0v) is 5.79. The van der Waals surface area contributed by atoms with E-state index in [1.807, 2.05) is 18.2 Å². The molecule has 1 nitrogen and oxygen atoms in total. The van der Waals surface area contributed by atoms with Gasteiger partial charge in [0.25, 0.3) is 0 Å². The van der Waals surface area contributed by atoms with Crippen LogP contribution in [0, 0.1) is 0 Å². The van der Waals surface area contributed by atoms with Crippen molar-refractivity contribution in [2.75, 3.05) is 7.11 Å². The molecule has 0 N–H and O–H groups in total. The van der Waals surface area contributed by atoms with E-state index in [9.17, 15) is 0 Å². The first kappa shape index (κ1) is 5.54. The van der Waals surface area contributed by atoms with E-state index in [-0.39, 0.29) is 0 Å². The molecule has 0 unspecified atom stereocenters. The highest BCUT2D eigenvalue weighted by atomic mass is 16.5. The van der Waals surface area contributed by atoms with Gasteiger partial charge in [-0.2, -0.15) is 0 Å². The van der Waals surface area contributed by atoms with Gasteiger partial charge in [-0.3, -0.25) is 0 Å². The van der Waals surface area contributed by atoms with Crippen molar-refractivity contribution in [3.05, 3.63) is 35.4 Å². The maximum Gasteiger partial charge on any atom is 0.127 e. The molecule has 0 amide bonds. The molecule has 0 saturated carbocycles. The minimum absolute atomic E-state index is 0.996. The average Bonchev–Trinajstić information content (AvgIpc) is 1.92. The number of rotatable bonds is 1. The first-order valence-corrected chi connectivity index (χ1v) is 3.27. The molecule has 0 spiro atoms. The van der Waals surface area contributed by atoms with Crippen molar-refractivity contribution >= 4 is 11.8 Å². The number of fused-ring (bicyclic) bond motifs is 1. The van der Waals surface area contributed by atoms with Crippen LogP contribution in [-0.2, 0) is 4.74 Å². The summed E-state index contributed by atoms with van der Waals surface area (Å²) in [5, 5.41) is 0. The summed E-state index contributed by atoms with van der Waals surface area (Å²) in [5.41, 5.74) is 2.50. The zero-order chi connectivity index (χ0) is 6.97. The summed E-state index contributed by atoms with van der Waals surface area (Å²) in [6, 6.07) is 8.19. The van der Waals surface area contributed by atoms with Crippen LogP contribution in [0.2, 0.25) is 0 Å². The van der Waals surface area contributed by atoms with E-state index in [1.165, 1.54) is 11.1 Å². The summed E-state index contributed by atoms with van der Waals surface area (Å²) in [4.78, 5) is 0. The maximum absolute atomic E-state index is 5.07. The number of benzene rings is 1. The molecule has 0 saturated heterocycles. The lowest BCUT2D eigenvalue weighted by molar-refractivity contribution is 0.370. The maximum atomic E-state index is 5.07. The van der Waals surface area contributed by atoms with Crippen molar-refractivity contribution in [3.63, 3.8) is 0 Å². The second-order valence-electron chi connectivity index (χ2n) is 2.30. The third-order valence-corrected chi connectivity index (χ3v) is 1.73. The molecular formula is C9H8O. The molecule has 0 atom stereocenters. The lowest BCUT2D eigenvalue weighted by atomic mass is 9.96. The Morgan fingerprint density at radius 1 is 1.20 bits per heavy atom. The summed E-state index contributed by atoms with van der Waals surface area (Å²) in [7, 11) is 1.70. The molecule has 0 bridgehead atoms. The third kappa shape index (κ3) is 0.574. The van der Waals surface area contributed by atoms with Crippen LogP contribution < -0.4 is 0 Å². The second-order valence-corrected chi connectivity index (χ2v) is 2.30. The highest BCUT2D eigenvalue weighted by Crippen LogP contribution is 2.31. The van der Waals surface area contributed by atoms with Gasteiger partial charge in [0.1, 0.15) is 5.76 Å². The van der Waals surface area contributed by atoms with E-state index in [0.29, 0.717) is 0 Å². The molecule has 1 aromatic rings. The van der Waals surface area contributed by atoms with Crippen LogP contribution in [0.1, 0.15) is 11.1 Å². The van der Waals surface area contributed by atoms with Crippen LogP contribution in [0.5, 0.6) is 0 Å². The molecule has 0 aromatic heterocycles. The van der Waals surface area contributed by atoms with E-state index >= 15 is 0 Å². The van der Waals surface area contributed by atoms with Crippen molar-refractivity contribution in [2.24, 2.45) is 0 Å². The summed E-state index contributed by atoms with van der Waals surface area (Å²) in [6.07, 6.45) is 2.04. The molecule has 0 heterocycles. The standard InChI is InChI=1S/C9H8O/c1-10-9-6-7-4-2-3-5-8(7)9/h2-6H,1H3. The van der Waals surface area contributed by atoms with Gasteiger partial charge < -0.3 is 4.74 Å². The van der Waals surface area contributed by atoms with Crippen LogP contribution in [0.15, 0.2) is 24.3 Å². The lowest BCUT2D eigenvalue weighted by Gasteiger charge is -2.17. The fourth-order valence-corrected chi connectivity index (χ4v) is 1.16. The fraction of sp³-hybridized carbons (Fsp3) is 0.111. The molecular weight excluding hydrogens is 124 g/mol. The van der Waals surface area contributed by atoms with Crippen LogP contribution in [0.25, 0.3) is 11.8 Å². The van der Waals surface area contributed by atoms with E-state index in [0.717, 1.165) is 5.76 Å². The largest absolute Gasteiger partial charge is 0.496 e. The Kier molecular flexibility index (Phi) is 1.04. The summed E-state index contributed by atoms with van der Waals surface area (Å²) < 4.78 is 5.07. The highest BCUT2D eigenvalue weighted by Gasteiger charge is 2.14. The van der Waals surface area contributed by atoms with E-state index in [1.54, 1.807) is 7.11 Å². The molecule has 0 fully saturated rings. The SMILES string of the molecule is COC1=Cc2ccccc21. The Morgan fingerprint density at radius 3 is 2.70 bits per heavy atom. The third-order valence-electron chi connectivity index (χ3n) is 1.73. The second kappa shape index (κ2) is 1.87.